The summed E-state index contributed by atoms with van der Waals surface area (Å²) < 4.78 is 22.1. The molecule has 0 amide bonds. The fourth-order valence-electron chi connectivity index (χ4n) is 1.75. The van der Waals surface area contributed by atoms with E-state index in [1.807, 2.05) is 6.92 Å². The highest BCUT2D eigenvalue weighted by atomic mass is 32.2. The zero-order chi connectivity index (χ0) is 13.8. The van der Waals surface area contributed by atoms with Crippen LogP contribution < -0.4 is 5.32 Å². The Morgan fingerprint density at radius 2 is 1.56 bits per heavy atom. The number of nitrogens with one attached hydrogen (secondary N) is 1. The minimum atomic E-state index is -2.88. The quantitative estimate of drug-likeness (QED) is 0.863. The summed E-state index contributed by atoms with van der Waals surface area (Å²) in [5.41, 5.74) is 2.51. The van der Waals surface area contributed by atoms with Crippen LogP contribution in [-0.2, 0) is 9.84 Å². The minimum absolute atomic E-state index is 0.174. The summed E-state index contributed by atoms with van der Waals surface area (Å²) in [4.78, 5) is 0. The molecule has 102 valence electrons. The molecule has 3 nitrogen and oxygen atoms in total. The second-order valence-electron chi connectivity index (χ2n) is 5.13. The SMILES string of the molecule is CC(C)c1ccc(C(C)NCCS(C)(=O)=O)cc1. The van der Waals surface area contributed by atoms with E-state index in [4.69, 9.17) is 0 Å². The van der Waals surface area contributed by atoms with Gasteiger partial charge in [0.25, 0.3) is 0 Å². The molecule has 0 radical (unpaired) electrons. The van der Waals surface area contributed by atoms with E-state index in [1.54, 1.807) is 0 Å². The largest absolute Gasteiger partial charge is 0.309 e. The van der Waals surface area contributed by atoms with E-state index in [9.17, 15) is 8.42 Å². The molecule has 1 aromatic rings. The molecule has 18 heavy (non-hydrogen) atoms. The summed E-state index contributed by atoms with van der Waals surface area (Å²) in [6, 6.07) is 8.65. The smallest absolute Gasteiger partial charge is 0.148 e. The maximum Gasteiger partial charge on any atom is 0.148 e. The molecule has 1 rings (SSSR count). The van der Waals surface area contributed by atoms with Gasteiger partial charge in [0.05, 0.1) is 5.75 Å². The van der Waals surface area contributed by atoms with Gasteiger partial charge in [0.2, 0.25) is 0 Å². The monoisotopic (exact) mass is 269 g/mol. The number of benzene rings is 1. The lowest BCUT2D eigenvalue weighted by Crippen LogP contribution is -2.25. The standard InChI is InChI=1S/C14H23NO2S/c1-11(2)13-5-7-14(8-6-13)12(3)15-9-10-18(4,16)17/h5-8,11-12,15H,9-10H2,1-4H3. The lowest BCUT2D eigenvalue weighted by atomic mass is 10.00. The maximum absolute atomic E-state index is 11.0. The van der Waals surface area contributed by atoms with Crippen LogP contribution in [0.25, 0.3) is 0 Å². The van der Waals surface area contributed by atoms with Crippen molar-refractivity contribution in [2.24, 2.45) is 0 Å². The zero-order valence-corrected chi connectivity index (χ0v) is 12.4. The van der Waals surface area contributed by atoms with Crippen LogP contribution in [0.1, 0.15) is 43.9 Å². The van der Waals surface area contributed by atoms with Gasteiger partial charge in [0, 0.05) is 18.8 Å². The Balaban J connectivity index is 2.54. The summed E-state index contributed by atoms with van der Waals surface area (Å²) in [5, 5.41) is 3.22. The first kappa shape index (κ1) is 15.2. The zero-order valence-electron chi connectivity index (χ0n) is 11.6. The van der Waals surface area contributed by atoms with Crippen LogP contribution >= 0.6 is 0 Å². The molecule has 0 saturated carbocycles. The highest BCUT2D eigenvalue weighted by Gasteiger charge is 2.07. The van der Waals surface area contributed by atoms with Gasteiger partial charge >= 0.3 is 0 Å². The van der Waals surface area contributed by atoms with Gasteiger partial charge in [-0.25, -0.2) is 8.42 Å². The first-order chi connectivity index (χ1) is 8.29. The van der Waals surface area contributed by atoms with Gasteiger partial charge in [-0.1, -0.05) is 38.1 Å². The van der Waals surface area contributed by atoms with Crippen LogP contribution in [0.3, 0.4) is 0 Å². The van der Waals surface area contributed by atoms with Crippen LogP contribution in [0.5, 0.6) is 0 Å². The van der Waals surface area contributed by atoms with Crippen LogP contribution in [0, 0.1) is 0 Å². The van der Waals surface area contributed by atoms with Gasteiger partial charge in [-0.3, -0.25) is 0 Å². The Morgan fingerprint density at radius 3 is 2.00 bits per heavy atom. The van der Waals surface area contributed by atoms with Crippen molar-refractivity contribution in [3.05, 3.63) is 35.4 Å². The van der Waals surface area contributed by atoms with Crippen LogP contribution in [0.15, 0.2) is 24.3 Å². The van der Waals surface area contributed by atoms with E-state index in [0.29, 0.717) is 12.5 Å². The van der Waals surface area contributed by atoms with Crippen LogP contribution in [0.2, 0.25) is 0 Å². The summed E-state index contributed by atoms with van der Waals surface area (Å²) in [6.45, 7) is 6.88. The van der Waals surface area contributed by atoms with E-state index in [1.165, 1.54) is 17.4 Å². The van der Waals surface area contributed by atoms with Gasteiger partial charge in [0.15, 0.2) is 0 Å². The van der Waals surface area contributed by atoms with Gasteiger partial charge in [-0.05, 0) is 24.0 Å². The Bertz CT molecular complexity index is 463. The molecular formula is C14H23NO2S. The highest BCUT2D eigenvalue weighted by Crippen LogP contribution is 2.18. The van der Waals surface area contributed by atoms with Crippen LogP contribution in [0.4, 0.5) is 0 Å². The first-order valence-corrected chi connectivity index (χ1v) is 8.36. The molecule has 1 aromatic carbocycles. The van der Waals surface area contributed by atoms with Crippen molar-refractivity contribution in [3.8, 4) is 0 Å². The van der Waals surface area contributed by atoms with Gasteiger partial charge in [-0.2, -0.15) is 0 Å². The number of rotatable bonds is 6. The highest BCUT2D eigenvalue weighted by molar-refractivity contribution is 7.90. The fourth-order valence-corrected chi connectivity index (χ4v) is 2.24. The Morgan fingerprint density at radius 1 is 1.06 bits per heavy atom. The molecule has 0 saturated heterocycles. The van der Waals surface area contributed by atoms with E-state index < -0.39 is 9.84 Å². The first-order valence-electron chi connectivity index (χ1n) is 6.30. The Labute approximate surface area is 111 Å². The third-order valence-corrected chi connectivity index (χ3v) is 3.97. The Hall–Kier alpha value is -0.870. The number of hydrogen-bond donors (Lipinski definition) is 1. The van der Waals surface area contributed by atoms with Gasteiger partial charge < -0.3 is 5.32 Å². The summed E-state index contributed by atoms with van der Waals surface area (Å²) in [6.07, 6.45) is 1.26. The molecule has 0 fully saturated rings. The molecule has 1 atom stereocenters. The van der Waals surface area contributed by atoms with E-state index in [2.05, 4.69) is 43.4 Å². The van der Waals surface area contributed by atoms with E-state index in [-0.39, 0.29) is 11.8 Å². The number of sulfone groups is 1. The molecule has 1 unspecified atom stereocenters. The average Bonchev–Trinajstić information content (AvgIpc) is 2.27. The lowest BCUT2D eigenvalue weighted by molar-refractivity contribution is 0.575. The fraction of sp³-hybridized carbons (Fsp3) is 0.571. The van der Waals surface area contributed by atoms with Gasteiger partial charge in [-0.15, -0.1) is 0 Å². The topological polar surface area (TPSA) is 46.2 Å². The summed E-state index contributed by atoms with van der Waals surface area (Å²) >= 11 is 0. The van der Waals surface area contributed by atoms with E-state index in [0.717, 1.165) is 0 Å². The molecule has 0 aliphatic heterocycles. The molecule has 0 bridgehead atoms. The summed E-state index contributed by atoms with van der Waals surface area (Å²) in [5.74, 6) is 0.717. The number of hydrogen-bond acceptors (Lipinski definition) is 3. The molecule has 4 heteroatoms. The molecule has 0 heterocycles. The molecule has 0 spiro atoms. The van der Waals surface area contributed by atoms with Crippen molar-refractivity contribution in [2.75, 3.05) is 18.6 Å². The van der Waals surface area contributed by atoms with Crippen molar-refractivity contribution in [2.45, 2.75) is 32.7 Å². The minimum Gasteiger partial charge on any atom is -0.309 e. The maximum atomic E-state index is 11.0. The molecule has 0 aliphatic rings. The Kier molecular flexibility index (Phi) is 5.35. The van der Waals surface area contributed by atoms with Crippen molar-refractivity contribution in [1.29, 1.82) is 0 Å². The predicted octanol–water partition coefficient (Wildman–Crippen LogP) is 2.51. The van der Waals surface area contributed by atoms with Crippen molar-refractivity contribution in [3.63, 3.8) is 0 Å². The predicted molar refractivity (Wildman–Crippen MR) is 76.7 cm³/mol. The van der Waals surface area contributed by atoms with Crippen LogP contribution in [-0.4, -0.2) is 27.0 Å². The third kappa shape index (κ3) is 5.19. The van der Waals surface area contributed by atoms with E-state index >= 15 is 0 Å². The lowest BCUT2D eigenvalue weighted by Gasteiger charge is -2.15. The third-order valence-electron chi connectivity index (χ3n) is 3.03. The van der Waals surface area contributed by atoms with Crippen molar-refractivity contribution in [1.82, 2.24) is 5.32 Å². The molecular weight excluding hydrogens is 246 g/mol. The normalized spacial score (nSPS) is 13.8. The van der Waals surface area contributed by atoms with Gasteiger partial charge in [0.1, 0.15) is 9.84 Å². The van der Waals surface area contributed by atoms with Crippen molar-refractivity contribution >= 4 is 9.84 Å². The average molecular weight is 269 g/mol. The second-order valence-corrected chi connectivity index (χ2v) is 7.39. The molecule has 0 aliphatic carbocycles. The molecule has 0 aromatic heterocycles. The summed E-state index contributed by atoms with van der Waals surface area (Å²) in [7, 11) is -2.88. The second kappa shape index (κ2) is 6.34. The van der Waals surface area contributed by atoms with Crippen molar-refractivity contribution < 1.29 is 8.42 Å². The molecule has 1 N–H and O–H groups in total.